The van der Waals surface area contributed by atoms with Crippen LogP contribution in [-0.4, -0.2) is 20.2 Å². The molecule has 0 aliphatic carbocycles. The number of fused-ring (bicyclic) bond motifs is 2. The lowest BCUT2D eigenvalue weighted by molar-refractivity contribution is 0.480. The number of pyridine rings is 2. The molecule has 4 rings (SSSR count). The lowest BCUT2D eigenvalue weighted by atomic mass is 10.2. The van der Waals surface area contributed by atoms with E-state index >= 15 is 0 Å². The molecule has 0 atom stereocenters. The van der Waals surface area contributed by atoms with Gasteiger partial charge in [-0.15, -0.1) is 0 Å². The van der Waals surface area contributed by atoms with E-state index in [1.165, 1.54) is 0 Å². The van der Waals surface area contributed by atoms with Gasteiger partial charge in [-0.2, -0.15) is 0 Å². The molecule has 2 aromatic heterocycles. The van der Waals surface area contributed by atoms with Crippen LogP contribution < -0.4 is 11.5 Å². The Balaban J connectivity index is 0.000000141. The second kappa shape index (κ2) is 6.29. The van der Waals surface area contributed by atoms with Crippen molar-refractivity contribution in [1.82, 2.24) is 9.97 Å². The Bertz CT molecular complexity index is 854. The normalized spacial score (nSPS) is 10.3. The summed E-state index contributed by atoms with van der Waals surface area (Å²) in [6.07, 6.45) is 3.25. The Kier molecular flexibility index (Phi) is 4.03. The summed E-state index contributed by atoms with van der Waals surface area (Å²) in [5, 5.41) is 20.3. The topological polar surface area (TPSA) is 118 Å². The Hall–Kier alpha value is -3.54. The molecule has 0 radical (unpaired) electrons. The predicted molar refractivity (Wildman–Crippen MR) is 95.6 cm³/mol. The maximum absolute atomic E-state index is 9.38. The van der Waals surface area contributed by atoms with Crippen molar-refractivity contribution >= 4 is 33.2 Å². The van der Waals surface area contributed by atoms with E-state index in [1.54, 1.807) is 48.8 Å². The van der Waals surface area contributed by atoms with E-state index in [0.717, 1.165) is 10.8 Å². The van der Waals surface area contributed by atoms with Crippen molar-refractivity contribution in [3.8, 4) is 11.5 Å². The first kappa shape index (κ1) is 15.4. The van der Waals surface area contributed by atoms with Gasteiger partial charge in [-0.05, 0) is 48.5 Å². The van der Waals surface area contributed by atoms with Crippen LogP contribution in [0.3, 0.4) is 0 Å². The average molecular weight is 320 g/mol. The van der Waals surface area contributed by atoms with Crippen LogP contribution >= 0.6 is 0 Å². The third-order valence-electron chi connectivity index (χ3n) is 3.56. The fourth-order valence-electron chi connectivity index (χ4n) is 2.36. The van der Waals surface area contributed by atoms with E-state index < -0.39 is 0 Å². The second-order valence-electron chi connectivity index (χ2n) is 5.15. The highest BCUT2D eigenvalue weighted by atomic mass is 16.3. The number of anilines is 2. The predicted octanol–water partition coefficient (Wildman–Crippen LogP) is 3.05. The summed E-state index contributed by atoms with van der Waals surface area (Å²) in [5.41, 5.74) is 13.7. The monoisotopic (exact) mass is 320 g/mol. The van der Waals surface area contributed by atoms with Crippen molar-refractivity contribution in [2.75, 3.05) is 11.5 Å². The summed E-state index contributed by atoms with van der Waals surface area (Å²) in [6, 6.07) is 13.7. The highest BCUT2D eigenvalue weighted by Crippen LogP contribution is 2.27. The van der Waals surface area contributed by atoms with Gasteiger partial charge in [-0.25, -0.2) is 0 Å². The maximum Gasteiger partial charge on any atom is 0.141 e. The number of nitrogen functional groups attached to an aromatic ring is 2. The number of aromatic nitrogens is 2. The number of phenols is 2. The molecular formula is C18H16N4O2. The van der Waals surface area contributed by atoms with Crippen molar-refractivity contribution in [3.05, 3.63) is 60.9 Å². The average Bonchev–Trinajstić information content (AvgIpc) is 2.63. The summed E-state index contributed by atoms with van der Waals surface area (Å²) >= 11 is 0. The van der Waals surface area contributed by atoms with E-state index in [0.29, 0.717) is 22.4 Å². The molecule has 2 heterocycles. The Labute approximate surface area is 138 Å². The van der Waals surface area contributed by atoms with Gasteiger partial charge < -0.3 is 21.7 Å². The Morgan fingerprint density at radius 2 is 1.04 bits per heavy atom. The molecule has 0 bridgehead atoms. The third kappa shape index (κ3) is 2.85. The number of nitrogens with zero attached hydrogens (tertiary/aromatic N) is 2. The van der Waals surface area contributed by atoms with Gasteiger partial charge in [-0.1, -0.05) is 0 Å². The molecule has 0 spiro atoms. The van der Waals surface area contributed by atoms with Gasteiger partial charge in [0.05, 0.1) is 0 Å². The minimum absolute atomic E-state index is 0.166. The van der Waals surface area contributed by atoms with Crippen LogP contribution in [-0.2, 0) is 0 Å². The molecule has 6 N–H and O–H groups in total. The van der Waals surface area contributed by atoms with Crippen LogP contribution in [0.1, 0.15) is 0 Å². The SMILES string of the molecule is Nc1ccc(O)c2ncccc12.Nc1ccc(O)c2ncccc12. The number of nitrogens with two attached hydrogens (primary N) is 2. The number of aromatic hydroxyl groups is 2. The standard InChI is InChI=1S/2C9H8N2O/c2*10-7-3-4-8(12)9-6(7)2-1-5-11-9/h2*1-5,12H,10H2. The largest absolute Gasteiger partial charge is 0.506 e. The number of rotatable bonds is 0. The van der Waals surface area contributed by atoms with Crippen molar-refractivity contribution < 1.29 is 10.2 Å². The zero-order valence-corrected chi connectivity index (χ0v) is 12.7. The molecule has 120 valence electrons. The lowest BCUT2D eigenvalue weighted by Crippen LogP contribution is -1.87. The molecule has 0 aliphatic rings. The summed E-state index contributed by atoms with van der Waals surface area (Å²) < 4.78 is 0. The molecule has 0 fully saturated rings. The number of benzene rings is 2. The van der Waals surface area contributed by atoms with Crippen molar-refractivity contribution in [2.45, 2.75) is 0 Å². The molecule has 0 unspecified atom stereocenters. The second-order valence-corrected chi connectivity index (χ2v) is 5.15. The van der Waals surface area contributed by atoms with Crippen LogP contribution in [0.15, 0.2) is 60.9 Å². The Morgan fingerprint density at radius 1 is 0.625 bits per heavy atom. The van der Waals surface area contributed by atoms with E-state index in [1.807, 2.05) is 12.1 Å². The van der Waals surface area contributed by atoms with Crippen LogP contribution in [0.2, 0.25) is 0 Å². The van der Waals surface area contributed by atoms with Crippen molar-refractivity contribution in [2.24, 2.45) is 0 Å². The van der Waals surface area contributed by atoms with Gasteiger partial charge >= 0.3 is 0 Å². The van der Waals surface area contributed by atoms with E-state index in [9.17, 15) is 10.2 Å². The molecular weight excluding hydrogens is 304 g/mol. The smallest absolute Gasteiger partial charge is 0.141 e. The van der Waals surface area contributed by atoms with Crippen molar-refractivity contribution in [1.29, 1.82) is 0 Å². The minimum atomic E-state index is 0.166. The molecule has 0 saturated carbocycles. The summed E-state index contributed by atoms with van der Waals surface area (Å²) in [4.78, 5) is 8.02. The molecule has 6 nitrogen and oxygen atoms in total. The van der Waals surface area contributed by atoms with Gasteiger partial charge in [0.15, 0.2) is 0 Å². The molecule has 4 aromatic rings. The van der Waals surface area contributed by atoms with Crippen LogP contribution in [0.4, 0.5) is 11.4 Å². The highest BCUT2D eigenvalue weighted by molar-refractivity contribution is 5.94. The molecule has 2 aromatic carbocycles. The van der Waals surface area contributed by atoms with Crippen molar-refractivity contribution in [3.63, 3.8) is 0 Å². The molecule has 0 aliphatic heterocycles. The number of hydrogen-bond acceptors (Lipinski definition) is 6. The van der Waals surface area contributed by atoms with Gasteiger partial charge in [0.2, 0.25) is 0 Å². The highest BCUT2D eigenvalue weighted by Gasteiger charge is 2.02. The van der Waals surface area contributed by atoms with E-state index in [-0.39, 0.29) is 11.5 Å². The first-order chi connectivity index (χ1) is 11.6. The molecule has 6 heteroatoms. The first-order valence-electron chi connectivity index (χ1n) is 7.22. The summed E-state index contributed by atoms with van der Waals surface area (Å²) in [7, 11) is 0. The minimum Gasteiger partial charge on any atom is -0.506 e. The fourth-order valence-corrected chi connectivity index (χ4v) is 2.36. The van der Waals surface area contributed by atoms with E-state index in [4.69, 9.17) is 11.5 Å². The third-order valence-corrected chi connectivity index (χ3v) is 3.56. The van der Waals surface area contributed by atoms with Gasteiger partial charge in [0.1, 0.15) is 22.5 Å². The number of phenolic OH excluding ortho intramolecular Hbond substituents is 2. The Morgan fingerprint density at radius 3 is 1.42 bits per heavy atom. The zero-order chi connectivity index (χ0) is 17.1. The molecule has 0 saturated heterocycles. The van der Waals surface area contributed by atoms with Crippen LogP contribution in [0.25, 0.3) is 21.8 Å². The van der Waals surface area contributed by atoms with Crippen LogP contribution in [0, 0.1) is 0 Å². The van der Waals surface area contributed by atoms with Gasteiger partial charge in [0.25, 0.3) is 0 Å². The maximum atomic E-state index is 9.38. The first-order valence-corrected chi connectivity index (χ1v) is 7.22. The fraction of sp³-hybridized carbons (Fsp3) is 0. The zero-order valence-electron chi connectivity index (χ0n) is 12.7. The van der Waals surface area contributed by atoms with Gasteiger partial charge in [-0.3, -0.25) is 9.97 Å². The lowest BCUT2D eigenvalue weighted by Gasteiger charge is -2.01. The molecule has 24 heavy (non-hydrogen) atoms. The number of hydrogen-bond donors (Lipinski definition) is 4. The van der Waals surface area contributed by atoms with E-state index in [2.05, 4.69) is 9.97 Å². The summed E-state index contributed by atoms with van der Waals surface area (Å²) in [5.74, 6) is 0.333. The molecule has 0 amide bonds. The quantitative estimate of drug-likeness (QED) is 0.292. The summed E-state index contributed by atoms with van der Waals surface area (Å²) in [6.45, 7) is 0. The van der Waals surface area contributed by atoms with Gasteiger partial charge in [0, 0.05) is 34.5 Å². The van der Waals surface area contributed by atoms with Crippen LogP contribution in [0.5, 0.6) is 11.5 Å².